The number of carbonyl (C=O) groups is 1. The van der Waals surface area contributed by atoms with Gasteiger partial charge in [-0.2, -0.15) is 4.98 Å². The van der Waals surface area contributed by atoms with Gasteiger partial charge in [-0.3, -0.25) is 4.79 Å². The van der Waals surface area contributed by atoms with E-state index in [1.165, 1.54) is 0 Å². The molecule has 1 aromatic heterocycles. The molecule has 0 spiro atoms. The van der Waals surface area contributed by atoms with Crippen LogP contribution >= 0.6 is 11.6 Å². The lowest BCUT2D eigenvalue weighted by atomic mass is 10.1. The van der Waals surface area contributed by atoms with Crippen LogP contribution in [0.2, 0.25) is 5.02 Å². The molecular weight excluding hydrogens is 430 g/mol. The minimum absolute atomic E-state index is 0.0400. The Morgan fingerprint density at radius 2 is 1.81 bits per heavy atom. The number of aryl methyl sites for hydroxylation is 1. The highest BCUT2D eigenvalue weighted by molar-refractivity contribution is 6.30. The Hall–Kier alpha value is -3.06. The number of benzene rings is 2. The van der Waals surface area contributed by atoms with Crippen LogP contribution in [0.4, 0.5) is 0 Å². The van der Waals surface area contributed by atoms with Crippen LogP contribution in [0, 0.1) is 0 Å². The molecule has 1 amide bonds. The summed E-state index contributed by atoms with van der Waals surface area (Å²) in [5.41, 5.74) is 1.78. The second-order valence-electron chi connectivity index (χ2n) is 7.23. The molecule has 3 aromatic rings. The lowest BCUT2D eigenvalue weighted by Gasteiger charge is -2.17. The van der Waals surface area contributed by atoms with Gasteiger partial charge in [-0.05, 0) is 69.2 Å². The molecule has 32 heavy (non-hydrogen) atoms. The average Bonchev–Trinajstić information content (AvgIpc) is 3.24. The van der Waals surface area contributed by atoms with Crippen molar-refractivity contribution in [2.24, 2.45) is 0 Å². The van der Waals surface area contributed by atoms with E-state index in [0.717, 1.165) is 11.1 Å². The number of halogens is 1. The average molecular weight is 458 g/mol. The second-order valence-corrected chi connectivity index (χ2v) is 7.67. The van der Waals surface area contributed by atoms with Crippen molar-refractivity contribution in [3.05, 3.63) is 58.9 Å². The standard InChI is InChI=1S/C24H28ClN3O4/c1-4-30-20-14-11-18(15-21(20)31-5-2)16(3)26-22(29)7-6-8-23-27-24(28-32-23)17-9-12-19(25)13-10-17/h9-16H,4-8H2,1-3H3,(H,26,29). The molecule has 0 radical (unpaired) electrons. The minimum Gasteiger partial charge on any atom is -0.490 e. The molecule has 7 nitrogen and oxygen atoms in total. The van der Waals surface area contributed by atoms with E-state index in [2.05, 4.69) is 15.5 Å². The number of nitrogens with one attached hydrogen (secondary N) is 1. The summed E-state index contributed by atoms with van der Waals surface area (Å²) >= 11 is 5.90. The molecule has 1 heterocycles. The Morgan fingerprint density at radius 3 is 2.53 bits per heavy atom. The molecule has 0 aliphatic carbocycles. The van der Waals surface area contributed by atoms with Gasteiger partial charge in [0.1, 0.15) is 0 Å². The molecule has 8 heteroatoms. The maximum Gasteiger partial charge on any atom is 0.226 e. The maximum atomic E-state index is 12.4. The van der Waals surface area contributed by atoms with Gasteiger partial charge in [0.15, 0.2) is 11.5 Å². The van der Waals surface area contributed by atoms with Crippen LogP contribution in [0.15, 0.2) is 47.0 Å². The SMILES string of the molecule is CCOc1ccc(C(C)NC(=O)CCCc2nc(-c3ccc(Cl)cc3)no2)cc1OCC. The lowest BCUT2D eigenvalue weighted by molar-refractivity contribution is -0.121. The maximum absolute atomic E-state index is 12.4. The lowest BCUT2D eigenvalue weighted by Crippen LogP contribution is -2.26. The first-order chi connectivity index (χ1) is 15.5. The van der Waals surface area contributed by atoms with Crippen molar-refractivity contribution in [3.63, 3.8) is 0 Å². The molecule has 170 valence electrons. The van der Waals surface area contributed by atoms with Crippen molar-refractivity contribution in [1.29, 1.82) is 0 Å². The fourth-order valence-corrected chi connectivity index (χ4v) is 3.33. The Bertz CT molecular complexity index is 1020. The predicted molar refractivity (Wildman–Crippen MR) is 123 cm³/mol. The van der Waals surface area contributed by atoms with Crippen LogP contribution in [0.25, 0.3) is 11.4 Å². The normalized spacial score (nSPS) is 11.8. The van der Waals surface area contributed by atoms with Crippen molar-refractivity contribution in [2.45, 2.75) is 46.1 Å². The van der Waals surface area contributed by atoms with Crippen LogP contribution in [0.3, 0.4) is 0 Å². The van der Waals surface area contributed by atoms with E-state index in [-0.39, 0.29) is 11.9 Å². The molecule has 3 rings (SSSR count). The number of nitrogens with zero attached hydrogens (tertiary/aromatic N) is 2. The third kappa shape index (κ3) is 6.47. The molecule has 0 saturated carbocycles. The van der Waals surface area contributed by atoms with E-state index >= 15 is 0 Å². The van der Waals surface area contributed by atoms with Crippen LogP contribution in [-0.2, 0) is 11.2 Å². The summed E-state index contributed by atoms with van der Waals surface area (Å²) in [6, 6.07) is 12.8. The van der Waals surface area contributed by atoms with Gasteiger partial charge in [0.25, 0.3) is 0 Å². The number of carbonyl (C=O) groups excluding carboxylic acids is 1. The molecule has 0 saturated heterocycles. The Kier molecular flexibility index (Phi) is 8.50. The number of hydrogen-bond donors (Lipinski definition) is 1. The Balaban J connectivity index is 1.49. The number of hydrogen-bond acceptors (Lipinski definition) is 6. The second kappa shape index (κ2) is 11.5. The third-order valence-electron chi connectivity index (χ3n) is 4.81. The summed E-state index contributed by atoms with van der Waals surface area (Å²) in [6.07, 6.45) is 1.49. The molecular formula is C24H28ClN3O4. The molecule has 2 aromatic carbocycles. The Morgan fingerprint density at radius 1 is 1.09 bits per heavy atom. The van der Waals surface area contributed by atoms with E-state index in [0.29, 0.717) is 60.7 Å². The van der Waals surface area contributed by atoms with Gasteiger partial charge in [-0.15, -0.1) is 0 Å². The summed E-state index contributed by atoms with van der Waals surface area (Å²) < 4.78 is 16.6. The van der Waals surface area contributed by atoms with Crippen molar-refractivity contribution in [3.8, 4) is 22.9 Å². The molecule has 1 unspecified atom stereocenters. The highest BCUT2D eigenvalue weighted by Gasteiger charge is 2.14. The largest absolute Gasteiger partial charge is 0.490 e. The van der Waals surface area contributed by atoms with Gasteiger partial charge in [0.2, 0.25) is 17.6 Å². The highest BCUT2D eigenvalue weighted by atomic mass is 35.5. The smallest absolute Gasteiger partial charge is 0.226 e. The number of amides is 1. The molecule has 1 atom stereocenters. The van der Waals surface area contributed by atoms with E-state index < -0.39 is 0 Å². The molecule has 0 fully saturated rings. The summed E-state index contributed by atoms with van der Waals surface area (Å²) in [5, 5.41) is 7.67. The monoisotopic (exact) mass is 457 g/mol. The van der Waals surface area contributed by atoms with Gasteiger partial charge in [-0.25, -0.2) is 0 Å². The number of ether oxygens (including phenoxy) is 2. The van der Waals surface area contributed by atoms with Crippen LogP contribution < -0.4 is 14.8 Å². The van der Waals surface area contributed by atoms with Crippen molar-refractivity contribution >= 4 is 17.5 Å². The number of rotatable bonds is 11. The van der Waals surface area contributed by atoms with Gasteiger partial charge in [0, 0.05) is 23.4 Å². The first kappa shape index (κ1) is 23.6. The first-order valence-electron chi connectivity index (χ1n) is 10.8. The topological polar surface area (TPSA) is 86.5 Å². The van der Waals surface area contributed by atoms with Gasteiger partial charge in [0.05, 0.1) is 19.3 Å². The molecule has 0 aliphatic heterocycles. The summed E-state index contributed by atoms with van der Waals surface area (Å²) in [7, 11) is 0. The zero-order valence-corrected chi connectivity index (χ0v) is 19.3. The summed E-state index contributed by atoms with van der Waals surface area (Å²) in [4.78, 5) is 16.8. The minimum atomic E-state index is -0.155. The Labute approximate surface area is 193 Å². The van der Waals surface area contributed by atoms with Gasteiger partial charge in [-0.1, -0.05) is 22.8 Å². The first-order valence-corrected chi connectivity index (χ1v) is 11.1. The van der Waals surface area contributed by atoms with Crippen molar-refractivity contribution in [2.75, 3.05) is 13.2 Å². The van der Waals surface area contributed by atoms with Crippen molar-refractivity contribution in [1.82, 2.24) is 15.5 Å². The van der Waals surface area contributed by atoms with E-state index in [1.807, 2.05) is 51.1 Å². The van der Waals surface area contributed by atoms with E-state index in [4.69, 9.17) is 25.6 Å². The third-order valence-corrected chi connectivity index (χ3v) is 5.06. The fourth-order valence-electron chi connectivity index (χ4n) is 3.21. The van der Waals surface area contributed by atoms with Gasteiger partial charge < -0.3 is 19.3 Å². The van der Waals surface area contributed by atoms with Gasteiger partial charge >= 0.3 is 0 Å². The molecule has 1 N–H and O–H groups in total. The summed E-state index contributed by atoms with van der Waals surface area (Å²) in [5.74, 6) is 2.36. The predicted octanol–water partition coefficient (Wildman–Crippen LogP) is 5.39. The van der Waals surface area contributed by atoms with E-state index in [9.17, 15) is 4.79 Å². The zero-order chi connectivity index (χ0) is 22.9. The van der Waals surface area contributed by atoms with Crippen LogP contribution in [-0.4, -0.2) is 29.3 Å². The van der Waals surface area contributed by atoms with Crippen LogP contribution in [0.5, 0.6) is 11.5 Å². The van der Waals surface area contributed by atoms with Crippen LogP contribution in [0.1, 0.15) is 51.1 Å². The van der Waals surface area contributed by atoms with E-state index in [1.54, 1.807) is 12.1 Å². The highest BCUT2D eigenvalue weighted by Crippen LogP contribution is 2.30. The summed E-state index contributed by atoms with van der Waals surface area (Å²) in [6.45, 7) is 6.90. The fraction of sp³-hybridized carbons (Fsp3) is 0.375. The van der Waals surface area contributed by atoms with Crippen molar-refractivity contribution < 1.29 is 18.8 Å². The molecule has 0 bridgehead atoms. The number of aromatic nitrogens is 2. The molecule has 0 aliphatic rings. The quantitative estimate of drug-likeness (QED) is 0.415. The zero-order valence-electron chi connectivity index (χ0n) is 18.6.